The highest BCUT2D eigenvalue weighted by Gasteiger charge is 2.41. The average molecular weight is 362 g/mol. The molecule has 0 aromatic heterocycles. The lowest BCUT2D eigenvalue weighted by Gasteiger charge is -2.27. The SMILES string of the molecule is C[C@@](Br)([C@@H](O)c1ccc(Cl)cc1Cl)S(C)(=O)=O. The zero-order valence-electron chi connectivity index (χ0n) is 9.12. The topological polar surface area (TPSA) is 54.4 Å². The first-order valence-corrected chi connectivity index (χ1v) is 8.03. The summed E-state index contributed by atoms with van der Waals surface area (Å²) in [6, 6.07) is 4.49. The summed E-state index contributed by atoms with van der Waals surface area (Å²) in [6.07, 6.45) is -0.253. The van der Waals surface area contributed by atoms with Crippen molar-refractivity contribution in [2.24, 2.45) is 0 Å². The van der Waals surface area contributed by atoms with Crippen molar-refractivity contribution >= 4 is 49.0 Å². The van der Waals surface area contributed by atoms with Crippen molar-refractivity contribution < 1.29 is 13.5 Å². The number of alkyl halides is 1. The maximum Gasteiger partial charge on any atom is 0.165 e. The van der Waals surface area contributed by atoms with Gasteiger partial charge in [0.05, 0.1) is 0 Å². The van der Waals surface area contributed by atoms with E-state index in [2.05, 4.69) is 15.9 Å². The largest absolute Gasteiger partial charge is 0.386 e. The predicted octanol–water partition coefficient (Wildman–Crippen LogP) is 3.18. The molecule has 0 saturated carbocycles. The van der Waals surface area contributed by atoms with Crippen molar-refractivity contribution in [3.63, 3.8) is 0 Å². The van der Waals surface area contributed by atoms with Crippen molar-refractivity contribution in [3.05, 3.63) is 33.8 Å². The zero-order chi connectivity index (χ0) is 13.4. The van der Waals surface area contributed by atoms with E-state index in [-0.39, 0.29) is 5.02 Å². The van der Waals surface area contributed by atoms with E-state index in [1.807, 2.05) is 0 Å². The summed E-state index contributed by atoms with van der Waals surface area (Å²) in [4.78, 5) is 0. The van der Waals surface area contributed by atoms with Gasteiger partial charge in [-0.05, 0) is 19.1 Å². The molecule has 0 unspecified atom stereocenters. The highest BCUT2D eigenvalue weighted by molar-refractivity contribution is 9.11. The molecule has 1 aromatic carbocycles. The maximum atomic E-state index is 11.6. The molecule has 1 rings (SSSR count). The second kappa shape index (κ2) is 5.05. The van der Waals surface area contributed by atoms with Crippen LogP contribution in [0.25, 0.3) is 0 Å². The standard InChI is InChI=1S/C10H11BrCl2O3S/c1-10(11,17(2,15)16)9(14)7-4-3-6(12)5-8(7)13/h3-5,9,14H,1-2H3/t9-,10-/m0/s1. The van der Waals surface area contributed by atoms with Crippen LogP contribution in [0.15, 0.2) is 18.2 Å². The Balaban J connectivity index is 3.26. The van der Waals surface area contributed by atoms with Crippen molar-refractivity contribution in [1.29, 1.82) is 0 Å². The van der Waals surface area contributed by atoms with Gasteiger partial charge < -0.3 is 5.11 Å². The van der Waals surface area contributed by atoms with Crippen LogP contribution in [0.2, 0.25) is 10.0 Å². The molecule has 2 atom stereocenters. The van der Waals surface area contributed by atoms with Gasteiger partial charge in [0.25, 0.3) is 0 Å². The first-order valence-electron chi connectivity index (χ1n) is 4.59. The molecule has 0 radical (unpaired) electrons. The Kier molecular flexibility index (Phi) is 4.53. The summed E-state index contributed by atoms with van der Waals surface area (Å²) in [5.41, 5.74) is 0.306. The smallest absolute Gasteiger partial charge is 0.165 e. The quantitative estimate of drug-likeness (QED) is 0.841. The van der Waals surface area contributed by atoms with E-state index in [4.69, 9.17) is 23.2 Å². The molecule has 0 fully saturated rings. The van der Waals surface area contributed by atoms with E-state index < -0.39 is 19.6 Å². The lowest BCUT2D eigenvalue weighted by Crippen LogP contribution is -2.34. The van der Waals surface area contributed by atoms with Crippen LogP contribution in [0.1, 0.15) is 18.6 Å². The van der Waals surface area contributed by atoms with E-state index in [0.717, 1.165) is 6.26 Å². The number of sulfone groups is 1. The van der Waals surface area contributed by atoms with Crippen LogP contribution < -0.4 is 0 Å². The van der Waals surface area contributed by atoms with Gasteiger partial charge >= 0.3 is 0 Å². The number of halogens is 3. The summed E-state index contributed by atoms with van der Waals surface area (Å²) in [5.74, 6) is 0. The van der Waals surface area contributed by atoms with E-state index in [1.54, 1.807) is 0 Å². The highest BCUT2D eigenvalue weighted by atomic mass is 79.9. The van der Waals surface area contributed by atoms with Crippen LogP contribution in [-0.2, 0) is 9.84 Å². The monoisotopic (exact) mass is 360 g/mol. The van der Waals surface area contributed by atoms with Crippen molar-refractivity contribution in [3.8, 4) is 0 Å². The predicted molar refractivity (Wildman–Crippen MR) is 73.6 cm³/mol. The van der Waals surface area contributed by atoms with Gasteiger partial charge in [-0.25, -0.2) is 8.42 Å². The van der Waals surface area contributed by atoms with E-state index in [0.29, 0.717) is 10.6 Å². The summed E-state index contributed by atoms with van der Waals surface area (Å²) in [6.45, 7) is 1.37. The van der Waals surface area contributed by atoms with Gasteiger partial charge in [0.1, 0.15) is 6.10 Å². The molecule has 0 spiro atoms. The number of rotatable bonds is 3. The highest BCUT2D eigenvalue weighted by Crippen LogP contribution is 2.40. The van der Waals surface area contributed by atoms with Gasteiger partial charge in [-0.15, -0.1) is 0 Å². The van der Waals surface area contributed by atoms with E-state index >= 15 is 0 Å². The molecule has 3 nitrogen and oxygen atoms in total. The Labute approximate surface area is 119 Å². The van der Waals surface area contributed by atoms with Gasteiger partial charge in [-0.3, -0.25) is 0 Å². The van der Waals surface area contributed by atoms with Gasteiger partial charge in [0.15, 0.2) is 13.5 Å². The van der Waals surface area contributed by atoms with Crippen LogP contribution in [0, 0.1) is 0 Å². The Morgan fingerprint density at radius 3 is 2.35 bits per heavy atom. The van der Waals surface area contributed by atoms with Crippen molar-refractivity contribution in [2.75, 3.05) is 6.26 Å². The van der Waals surface area contributed by atoms with Crippen LogP contribution in [-0.4, -0.2) is 23.4 Å². The van der Waals surface area contributed by atoms with Crippen LogP contribution in [0.5, 0.6) is 0 Å². The van der Waals surface area contributed by atoms with Gasteiger partial charge in [0, 0.05) is 21.9 Å². The molecule has 0 aliphatic heterocycles. The lowest BCUT2D eigenvalue weighted by molar-refractivity contribution is 0.168. The fourth-order valence-corrected chi connectivity index (χ4v) is 2.49. The van der Waals surface area contributed by atoms with Gasteiger partial charge in [0.2, 0.25) is 0 Å². The number of aliphatic hydroxyl groups is 1. The minimum absolute atomic E-state index is 0.222. The summed E-state index contributed by atoms with van der Waals surface area (Å²) in [7, 11) is -3.50. The first-order chi connectivity index (χ1) is 7.57. The Bertz CT molecular complexity index is 528. The molecule has 0 aliphatic rings. The molecule has 7 heteroatoms. The third-order valence-corrected chi connectivity index (χ3v) is 6.90. The normalized spacial score (nSPS) is 17.5. The van der Waals surface area contributed by atoms with Crippen LogP contribution in [0.4, 0.5) is 0 Å². The van der Waals surface area contributed by atoms with Gasteiger partial charge in [-0.1, -0.05) is 45.2 Å². The lowest BCUT2D eigenvalue weighted by atomic mass is 10.1. The van der Waals surface area contributed by atoms with Crippen LogP contribution in [0.3, 0.4) is 0 Å². The first kappa shape index (κ1) is 15.2. The number of aliphatic hydroxyl groups excluding tert-OH is 1. The van der Waals surface area contributed by atoms with Crippen LogP contribution >= 0.6 is 39.1 Å². The van der Waals surface area contributed by atoms with E-state index in [1.165, 1.54) is 25.1 Å². The van der Waals surface area contributed by atoms with Crippen molar-refractivity contribution in [1.82, 2.24) is 0 Å². The fourth-order valence-electron chi connectivity index (χ4n) is 1.20. The third kappa shape index (κ3) is 3.15. The molecule has 0 amide bonds. The van der Waals surface area contributed by atoms with Crippen molar-refractivity contribution in [2.45, 2.75) is 16.7 Å². The fraction of sp³-hybridized carbons (Fsp3) is 0.400. The van der Waals surface area contributed by atoms with E-state index in [9.17, 15) is 13.5 Å². The molecule has 0 heterocycles. The summed E-state index contributed by atoms with van der Waals surface area (Å²) in [5, 5.41) is 10.7. The molecule has 1 aromatic rings. The molecular weight excluding hydrogens is 351 g/mol. The Morgan fingerprint density at radius 1 is 1.41 bits per heavy atom. The molecule has 0 aliphatic carbocycles. The maximum absolute atomic E-state index is 11.6. The zero-order valence-corrected chi connectivity index (χ0v) is 13.0. The number of hydrogen-bond donors (Lipinski definition) is 1. The number of benzene rings is 1. The second-order valence-corrected chi connectivity index (χ2v) is 9.23. The molecule has 1 N–H and O–H groups in total. The minimum Gasteiger partial charge on any atom is -0.386 e. The molecule has 96 valence electrons. The minimum atomic E-state index is -3.50. The van der Waals surface area contributed by atoms with Gasteiger partial charge in [-0.2, -0.15) is 0 Å². The molecule has 17 heavy (non-hydrogen) atoms. The summed E-state index contributed by atoms with van der Waals surface area (Å²) < 4.78 is 21.6. The molecule has 0 bridgehead atoms. The summed E-state index contributed by atoms with van der Waals surface area (Å²) >= 11 is 14.7. The Hall–Kier alpha value is 0.190. The second-order valence-electron chi connectivity index (χ2n) is 3.83. The third-order valence-electron chi connectivity index (χ3n) is 2.47. The molecular formula is C10H11BrCl2O3S. The number of hydrogen-bond acceptors (Lipinski definition) is 3. The average Bonchev–Trinajstić information content (AvgIpc) is 2.14. The molecule has 0 saturated heterocycles. The Morgan fingerprint density at radius 2 is 1.94 bits per heavy atom.